The Balaban J connectivity index is 0.000000267. The van der Waals surface area contributed by atoms with E-state index in [0.29, 0.717) is 20.1 Å². The molecule has 4 aromatic carbocycles. The van der Waals surface area contributed by atoms with E-state index < -0.39 is 118 Å². The van der Waals surface area contributed by atoms with E-state index in [-0.39, 0.29) is 33.8 Å². The smallest absolute Gasteiger partial charge is 0.424 e. The van der Waals surface area contributed by atoms with E-state index >= 15 is 0 Å². The summed E-state index contributed by atoms with van der Waals surface area (Å²) in [6.07, 6.45) is -15.8. The minimum atomic E-state index is -5.05. The van der Waals surface area contributed by atoms with E-state index in [2.05, 4.69) is 31.9 Å². The molecule has 0 saturated heterocycles. The van der Waals surface area contributed by atoms with Crippen LogP contribution in [-0.2, 0) is 41.5 Å². The fourth-order valence-corrected chi connectivity index (χ4v) is 7.95. The maximum absolute atomic E-state index is 14.3. The number of ketones is 2. The molecule has 0 N–H and O–H groups in total. The summed E-state index contributed by atoms with van der Waals surface area (Å²) in [6, 6.07) is 27.5. The maximum Gasteiger partial charge on any atom is 0.424 e. The number of benzene rings is 4. The van der Waals surface area contributed by atoms with Gasteiger partial charge in [-0.1, -0.05) is 117 Å². The number of hydrogen-bond donors (Lipinski definition) is 0. The van der Waals surface area contributed by atoms with Crippen LogP contribution in [0.3, 0.4) is 0 Å². The number of hydrogen-bond acceptors (Lipinski definition) is 10. The van der Waals surface area contributed by atoms with E-state index in [9.17, 15) is 64.7 Å². The van der Waals surface area contributed by atoms with E-state index in [4.69, 9.17) is 9.47 Å². The molecule has 0 fully saturated rings. The largest absolute Gasteiger partial charge is 0.443 e. The highest BCUT2D eigenvalue weighted by Gasteiger charge is 2.55. The average molecular weight is 1130 g/mol. The number of alkyl halides is 6. The predicted molar refractivity (Wildman–Crippen MR) is 256 cm³/mol. The minimum absolute atomic E-state index is 0.0302. The molecular formula is C52H46Br2F6N2O10. The zero-order valence-electron chi connectivity index (χ0n) is 39.4. The zero-order valence-corrected chi connectivity index (χ0v) is 42.5. The van der Waals surface area contributed by atoms with Gasteiger partial charge in [-0.15, -0.1) is 0 Å². The maximum atomic E-state index is 14.3. The van der Waals surface area contributed by atoms with Crippen LogP contribution in [0.5, 0.6) is 0 Å². The fourth-order valence-electron chi connectivity index (χ4n) is 7.42. The van der Waals surface area contributed by atoms with Crippen LogP contribution in [0.15, 0.2) is 140 Å². The van der Waals surface area contributed by atoms with Crippen LogP contribution in [0.1, 0.15) is 86.2 Å². The van der Waals surface area contributed by atoms with Crippen molar-refractivity contribution < 1.29 is 74.2 Å². The molecule has 72 heavy (non-hydrogen) atoms. The van der Waals surface area contributed by atoms with Crippen molar-refractivity contribution in [3.63, 3.8) is 0 Å². The Bertz CT molecular complexity index is 2620. The van der Waals surface area contributed by atoms with Gasteiger partial charge >= 0.3 is 24.5 Å². The van der Waals surface area contributed by atoms with Gasteiger partial charge in [0, 0.05) is 68.0 Å². The monoisotopic (exact) mass is 1130 g/mol. The van der Waals surface area contributed by atoms with Crippen LogP contribution in [-0.4, -0.2) is 80.7 Å². The van der Waals surface area contributed by atoms with Gasteiger partial charge in [-0.3, -0.25) is 28.8 Å². The number of rotatable bonds is 12. The highest BCUT2D eigenvalue weighted by molar-refractivity contribution is 9.10. The first kappa shape index (κ1) is 56.4. The second-order valence-corrected chi connectivity index (χ2v) is 20.2. The van der Waals surface area contributed by atoms with Gasteiger partial charge in [0.05, 0.1) is 11.8 Å². The Hall–Kier alpha value is -6.54. The first-order valence-corrected chi connectivity index (χ1v) is 23.4. The molecule has 0 aromatic heterocycles. The SMILES string of the molecule is CC(C)(C)OC(=O)N1C(=O)C(Cc2ccc(Br)cc2)=C([C@H](CC(=O)c2ccccc2)C(F)(F)F)C1=O.CC(C)(C)OC(=O)N1C(=O)C(Cc2ccc(Br)cc2)=C([C@H](CC(=O)c2ccccc2)C(F)(F)F)C1=O. The number of Topliss-reactive ketones (excluding diaryl/α,β-unsaturated/α-hetero) is 2. The second-order valence-electron chi connectivity index (χ2n) is 18.4. The van der Waals surface area contributed by atoms with Crippen LogP contribution in [0.2, 0.25) is 0 Å². The summed E-state index contributed by atoms with van der Waals surface area (Å²) in [6.45, 7) is 8.94. The summed E-state index contributed by atoms with van der Waals surface area (Å²) in [5.74, 6) is -12.2. The third kappa shape index (κ3) is 14.3. The molecule has 0 aliphatic carbocycles. The van der Waals surface area contributed by atoms with Crippen LogP contribution in [0, 0.1) is 11.8 Å². The summed E-state index contributed by atoms with van der Waals surface area (Å²) in [5, 5.41) is 0. The third-order valence-electron chi connectivity index (χ3n) is 10.6. The molecule has 2 aliphatic heterocycles. The molecule has 2 aliphatic rings. The van der Waals surface area contributed by atoms with E-state index in [1.165, 1.54) is 90.1 Å². The van der Waals surface area contributed by atoms with Crippen molar-refractivity contribution in [2.45, 2.75) is 90.8 Å². The Labute approximate surface area is 426 Å². The Morgan fingerprint density at radius 1 is 0.472 bits per heavy atom. The molecule has 6 amide bonds. The average Bonchev–Trinajstić information content (AvgIpc) is 3.66. The van der Waals surface area contributed by atoms with Crippen LogP contribution >= 0.6 is 31.9 Å². The first-order chi connectivity index (χ1) is 33.4. The van der Waals surface area contributed by atoms with Crippen LogP contribution < -0.4 is 0 Å². The normalized spacial score (nSPS) is 15.4. The summed E-state index contributed by atoms with van der Waals surface area (Å²) < 4.78 is 97.5. The molecule has 2 heterocycles. The van der Waals surface area contributed by atoms with Crippen molar-refractivity contribution in [3.8, 4) is 0 Å². The number of imide groups is 6. The fraction of sp³-hybridized carbons (Fsp3) is 0.308. The molecule has 6 rings (SSSR count). The Kier molecular flexibility index (Phi) is 17.6. The molecule has 380 valence electrons. The summed E-state index contributed by atoms with van der Waals surface area (Å²) in [4.78, 5) is 104. The topological polar surface area (TPSA) is 162 Å². The lowest BCUT2D eigenvalue weighted by Crippen LogP contribution is -2.42. The molecule has 12 nitrogen and oxygen atoms in total. The van der Waals surface area contributed by atoms with Crippen molar-refractivity contribution in [1.29, 1.82) is 0 Å². The molecule has 20 heteroatoms. The molecule has 0 unspecified atom stereocenters. The van der Waals surface area contributed by atoms with Crippen LogP contribution in [0.25, 0.3) is 0 Å². The van der Waals surface area contributed by atoms with E-state index in [1.807, 2.05) is 0 Å². The predicted octanol–water partition coefficient (Wildman–Crippen LogP) is 12.1. The Morgan fingerprint density at radius 3 is 1.03 bits per heavy atom. The third-order valence-corrected chi connectivity index (χ3v) is 11.7. The van der Waals surface area contributed by atoms with Gasteiger partial charge in [0.1, 0.15) is 11.2 Å². The minimum Gasteiger partial charge on any atom is -0.443 e. The summed E-state index contributed by atoms with van der Waals surface area (Å²) in [7, 11) is 0. The van der Waals surface area contributed by atoms with Gasteiger partial charge in [0.15, 0.2) is 11.6 Å². The lowest BCUT2D eigenvalue weighted by molar-refractivity contribution is -0.166. The van der Waals surface area contributed by atoms with Crippen LogP contribution in [0.4, 0.5) is 35.9 Å². The van der Waals surface area contributed by atoms with E-state index in [1.54, 1.807) is 60.7 Å². The number of amides is 6. The first-order valence-electron chi connectivity index (χ1n) is 21.9. The summed E-state index contributed by atoms with van der Waals surface area (Å²) >= 11 is 6.52. The molecule has 0 bridgehead atoms. The van der Waals surface area contributed by atoms with Gasteiger partial charge < -0.3 is 9.47 Å². The van der Waals surface area contributed by atoms with Crippen molar-refractivity contribution in [2.75, 3.05) is 0 Å². The highest BCUT2D eigenvalue weighted by atomic mass is 79.9. The number of ether oxygens (including phenoxy) is 2. The molecular weight excluding hydrogens is 1090 g/mol. The summed E-state index contributed by atoms with van der Waals surface area (Å²) in [5.41, 5.74) is -4.15. The molecule has 2 atom stereocenters. The van der Waals surface area contributed by atoms with E-state index in [0.717, 1.165) is 0 Å². The van der Waals surface area contributed by atoms with Crippen molar-refractivity contribution in [1.82, 2.24) is 9.80 Å². The van der Waals surface area contributed by atoms with Crippen molar-refractivity contribution in [3.05, 3.63) is 163 Å². The van der Waals surface area contributed by atoms with Crippen molar-refractivity contribution >= 4 is 79.2 Å². The lowest BCUT2D eigenvalue weighted by Gasteiger charge is -2.24. The quantitative estimate of drug-likeness (QED) is 0.0758. The second kappa shape index (κ2) is 22.5. The number of nitrogens with zero attached hydrogens (tertiary/aromatic N) is 2. The molecule has 0 saturated carbocycles. The van der Waals surface area contributed by atoms with Gasteiger partial charge in [0.25, 0.3) is 23.6 Å². The van der Waals surface area contributed by atoms with Gasteiger partial charge in [-0.05, 0) is 76.9 Å². The number of carbonyl (C=O) groups is 8. The van der Waals surface area contributed by atoms with Gasteiger partial charge in [-0.2, -0.15) is 36.1 Å². The standard InChI is InChI=1S/2C26H23BrF3NO5/c2*1-25(2,3)36-24(35)31-22(33)18(13-15-9-11-17(27)12-10-15)21(23(31)34)19(26(28,29)30)14-20(32)16-7-5-4-6-8-16/h2*4-12,19H,13-14H2,1-3H3/t2*19-/m00/s1. The zero-order chi connectivity index (χ0) is 53.7. The molecule has 4 aromatic rings. The van der Waals surface area contributed by atoms with Crippen molar-refractivity contribution in [2.24, 2.45) is 11.8 Å². The van der Waals surface area contributed by atoms with Gasteiger partial charge in [-0.25, -0.2) is 9.59 Å². The number of carbonyl (C=O) groups excluding carboxylic acids is 8. The molecule has 0 spiro atoms. The lowest BCUT2D eigenvalue weighted by atomic mass is 9.87. The highest BCUT2D eigenvalue weighted by Crippen LogP contribution is 2.43. The van der Waals surface area contributed by atoms with Gasteiger partial charge in [0.2, 0.25) is 0 Å². The molecule has 0 radical (unpaired) electrons. The Morgan fingerprint density at radius 2 is 0.764 bits per heavy atom. The number of halogens is 8.